The summed E-state index contributed by atoms with van der Waals surface area (Å²) < 4.78 is 92.8. The van der Waals surface area contributed by atoms with Gasteiger partial charge in [0.25, 0.3) is 0 Å². The molecule has 1 rings (SSSR count). The van der Waals surface area contributed by atoms with Gasteiger partial charge < -0.3 is 10.6 Å². The van der Waals surface area contributed by atoms with Crippen LogP contribution in [0.3, 0.4) is 0 Å². The molecule has 0 aliphatic carbocycles. The summed E-state index contributed by atoms with van der Waals surface area (Å²) in [7, 11) is -1.42. The van der Waals surface area contributed by atoms with E-state index < -0.39 is 52.1 Å². The van der Waals surface area contributed by atoms with Crippen molar-refractivity contribution in [2.75, 3.05) is 18.6 Å². The SMILES string of the molecule is C=C(C)/C(CC(NC=O)(c1ccc(C(F)(F)F)cc1)C(F)(F)F)=C(/C)CNC(=O)CS(C)=O. The Morgan fingerprint density at radius 1 is 1.06 bits per heavy atom. The molecule has 5 nitrogen and oxygen atoms in total. The first kappa shape index (κ1) is 28.4. The molecule has 2 atom stereocenters. The van der Waals surface area contributed by atoms with E-state index in [0.29, 0.717) is 24.3 Å². The first-order chi connectivity index (χ1) is 15.0. The van der Waals surface area contributed by atoms with Crippen molar-refractivity contribution in [1.82, 2.24) is 10.6 Å². The number of amides is 2. The van der Waals surface area contributed by atoms with Crippen LogP contribution in [0.2, 0.25) is 0 Å². The monoisotopic (exact) mass is 498 g/mol. The molecule has 2 N–H and O–H groups in total. The molecule has 184 valence electrons. The van der Waals surface area contributed by atoms with Gasteiger partial charge in [-0.1, -0.05) is 29.9 Å². The highest BCUT2D eigenvalue weighted by Crippen LogP contribution is 2.45. The van der Waals surface area contributed by atoms with Crippen LogP contribution in [0.5, 0.6) is 0 Å². The fraction of sp³-hybridized carbons (Fsp3) is 0.429. The van der Waals surface area contributed by atoms with Gasteiger partial charge in [-0.05, 0) is 37.1 Å². The number of rotatable bonds is 10. The van der Waals surface area contributed by atoms with Gasteiger partial charge in [0, 0.05) is 30.0 Å². The smallest absolute Gasteiger partial charge is 0.352 e. The zero-order chi connectivity index (χ0) is 25.6. The summed E-state index contributed by atoms with van der Waals surface area (Å²) in [6, 6.07) is 2.34. The van der Waals surface area contributed by atoms with E-state index in [-0.39, 0.29) is 35.4 Å². The third-order valence-electron chi connectivity index (χ3n) is 4.85. The Bertz CT molecular complexity index is 939. The molecule has 0 aromatic heterocycles. The Kier molecular flexibility index (Phi) is 9.46. The molecule has 2 unspecified atom stereocenters. The van der Waals surface area contributed by atoms with Crippen molar-refractivity contribution in [2.45, 2.75) is 38.2 Å². The van der Waals surface area contributed by atoms with Crippen LogP contribution in [0.4, 0.5) is 26.3 Å². The number of halogens is 6. The molecule has 33 heavy (non-hydrogen) atoms. The second-order valence-corrected chi connectivity index (χ2v) is 8.89. The zero-order valence-corrected chi connectivity index (χ0v) is 18.9. The Morgan fingerprint density at radius 2 is 1.58 bits per heavy atom. The minimum Gasteiger partial charge on any atom is -0.352 e. The number of carbonyl (C=O) groups excluding carboxylic acids is 2. The Hall–Kier alpha value is -2.63. The van der Waals surface area contributed by atoms with E-state index in [0.717, 1.165) is 0 Å². The van der Waals surface area contributed by atoms with Crippen LogP contribution in [-0.2, 0) is 32.1 Å². The molecule has 0 bridgehead atoms. The van der Waals surface area contributed by atoms with Crippen molar-refractivity contribution >= 4 is 23.1 Å². The molecule has 12 heteroatoms. The molecule has 0 radical (unpaired) electrons. The highest BCUT2D eigenvalue weighted by molar-refractivity contribution is 7.85. The van der Waals surface area contributed by atoms with Gasteiger partial charge in [0.05, 0.1) is 5.56 Å². The van der Waals surface area contributed by atoms with E-state index in [1.54, 1.807) is 5.32 Å². The van der Waals surface area contributed by atoms with Gasteiger partial charge >= 0.3 is 12.4 Å². The fourth-order valence-corrected chi connectivity index (χ4v) is 3.60. The molecule has 0 saturated heterocycles. The lowest BCUT2D eigenvalue weighted by Crippen LogP contribution is -2.54. The first-order valence-electron chi connectivity index (χ1n) is 9.42. The standard InChI is InChI=1S/C21H24F6N2O3S/c1-13(2)17(14(3)10-28-18(31)11-33(4)32)9-19(29-12-30,21(25,26)27)15-5-7-16(8-6-15)20(22,23)24/h5-8,12H,1,9-11H2,2-4H3,(H,28,31)(H,29,30)/b17-14-. The highest BCUT2D eigenvalue weighted by Gasteiger charge is 2.56. The Balaban J connectivity index is 3.51. The molecule has 0 heterocycles. The minimum absolute atomic E-state index is 0.0551. The lowest BCUT2D eigenvalue weighted by Gasteiger charge is -2.37. The van der Waals surface area contributed by atoms with Crippen LogP contribution < -0.4 is 10.6 Å². The number of alkyl halides is 6. The van der Waals surface area contributed by atoms with Gasteiger partial charge in [0.2, 0.25) is 12.3 Å². The maximum atomic E-state index is 14.3. The van der Waals surface area contributed by atoms with Crippen LogP contribution >= 0.6 is 0 Å². The second kappa shape index (κ2) is 11.0. The molecule has 1 aromatic rings. The van der Waals surface area contributed by atoms with Crippen LogP contribution in [-0.4, -0.2) is 41.3 Å². The van der Waals surface area contributed by atoms with Crippen molar-refractivity contribution in [1.29, 1.82) is 0 Å². The lowest BCUT2D eigenvalue weighted by atomic mass is 9.80. The predicted octanol–water partition coefficient (Wildman–Crippen LogP) is 3.99. The van der Waals surface area contributed by atoms with Crippen molar-refractivity contribution in [3.05, 3.63) is 58.7 Å². The molecular weight excluding hydrogens is 474 g/mol. The number of benzene rings is 1. The number of hydrogen-bond donors (Lipinski definition) is 2. The van der Waals surface area contributed by atoms with Crippen molar-refractivity contribution in [2.24, 2.45) is 0 Å². The summed E-state index contributed by atoms with van der Waals surface area (Å²) >= 11 is 0. The van der Waals surface area contributed by atoms with E-state index >= 15 is 0 Å². The molecule has 0 saturated carbocycles. The van der Waals surface area contributed by atoms with Crippen molar-refractivity contribution in [3.8, 4) is 0 Å². The molecule has 1 aromatic carbocycles. The van der Waals surface area contributed by atoms with Gasteiger partial charge in [-0.2, -0.15) is 26.3 Å². The molecule has 0 aliphatic heterocycles. The summed E-state index contributed by atoms with van der Waals surface area (Å²) in [4.78, 5) is 22.9. The van der Waals surface area contributed by atoms with E-state index in [1.165, 1.54) is 20.1 Å². The van der Waals surface area contributed by atoms with Gasteiger partial charge in [-0.25, -0.2) is 0 Å². The van der Waals surface area contributed by atoms with Crippen molar-refractivity contribution < 1.29 is 40.1 Å². The largest absolute Gasteiger partial charge is 0.416 e. The zero-order valence-electron chi connectivity index (χ0n) is 18.1. The van der Waals surface area contributed by atoms with E-state index in [9.17, 15) is 40.1 Å². The van der Waals surface area contributed by atoms with Crippen molar-refractivity contribution in [3.63, 3.8) is 0 Å². The normalized spacial score (nSPS) is 15.7. The summed E-state index contributed by atoms with van der Waals surface area (Å²) in [5.74, 6) is -0.868. The maximum Gasteiger partial charge on any atom is 0.416 e. The topological polar surface area (TPSA) is 75.3 Å². The minimum atomic E-state index is -5.10. The summed E-state index contributed by atoms with van der Waals surface area (Å²) in [6.07, 6.45) is -9.59. The van der Waals surface area contributed by atoms with Gasteiger partial charge in [0.15, 0.2) is 5.54 Å². The lowest BCUT2D eigenvalue weighted by molar-refractivity contribution is -0.200. The second-order valence-electron chi connectivity index (χ2n) is 7.45. The average Bonchev–Trinajstić information content (AvgIpc) is 2.67. The number of carbonyl (C=O) groups is 2. The summed E-state index contributed by atoms with van der Waals surface area (Å²) in [5, 5.41) is 4.19. The van der Waals surface area contributed by atoms with E-state index in [1.807, 2.05) is 0 Å². The quantitative estimate of drug-likeness (QED) is 0.291. The highest BCUT2D eigenvalue weighted by atomic mass is 32.2. The van der Waals surface area contributed by atoms with Crippen LogP contribution in [0.1, 0.15) is 31.4 Å². The predicted molar refractivity (Wildman–Crippen MR) is 112 cm³/mol. The number of hydrogen-bond acceptors (Lipinski definition) is 3. The van der Waals surface area contributed by atoms with Gasteiger partial charge in [-0.15, -0.1) is 0 Å². The van der Waals surface area contributed by atoms with Gasteiger partial charge in [-0.3, -0.25) is 13.8 Å². The average molecular weight is 498 g/mol. The summed E-state index contributed by atoms with van der Waals surface area (Å²) in [6.45, 7) is 6.36. The van der Waals surface area contributed by atoms with Gasteiger partial charge in [0.1, 0.15) is 5.75 Å². The molecule has 0 fully saturated rings. The third kappa shape index (κ3) is 7.44. The molecule has 0 aliphatic rings. The van der Waals surface area contributed by atoms with Crippen LogP contribution in [0.15, 0.2) is 47.6 Å². The molecular formula is C21H24F6N2O3S. The van der Waals surface area contributed by atoms with E-state index in [2.05, 4.69) is 11.9 Å². The van der Waals surface area contributed by atoms with Crippen LogP contribution in [0.25, 0.3) is 0 Å². The van der Waals surface area contributed by atoms with Crippen LogP contribution in [0, 0.1) is 0 Å². The first-order valence-corrected chi connectivity index (χ1v) is 11.1. The Labute approximate surface area is 189 Å². The number of allylic oxidation sites excluding steroid dienone is 1. The summed E-state index contributed by atoms with van der Waals surface area (Å²) in [5.41, 5.74) is -4.26. The molecule has 0 spiro atoms. The maximum absolute atomic E-state index is 14.3. The molecule has 2 amide bonds. The number of nitrogens with one attached hydrogen (secondary N) is 2. The Morgan fingerprint density at radius 3 is 1.97 bits per heavy atom. The third-order valence-corrected chi connectivity index (χ3v) is 5.52. The van der Waals surface area contributed by atoms with E-state index in [4.69, 9.17) is 0 Å². The fourth-order valence-electron chi connectivity index (χ4n) is 3.13.